The van der Waals surface area contributed by atoms with Crippen LogP contribution in [0.3, 0.4) is 0 Å². The fourth-order valence-corrected chi connectivity index (χ4v) is 2.85. The second-order valence-electron chi connectivity index (χ2n) is 5.78. The monoisotopic (exact) mass is 241 g/mol. The molecule has 17 heavy (non-hydrogen) atoms. The predicted molar refractivity (Wildman–Crippen MR) is 79.4 cm³/mol. The van der Waals surface area contributed by atoms with Crippen LogP contribution in [0.2, 0.25) is 0 Å². The van der Waals surface area contributed by atoms with E-state index in [0.29, 0.717) is 0 Å². The van der Waals surface area contributed by atoms with Crippen LogP contribution in [-0.4, -0.2) is 23.5 Å². The van der Waals surface area contributed by atoms with Crippen molar-refractivity contribution < 1.29 is 0 Å². The number of nitrogens with zero attached hydrogens (tertiary/aromatic N) is 1. The Morgan fingerprint density at radius 1 is 0.941 bits per heavy atom. The Balaban J connectivity index is 0.000000581. The van der Waals surface area contributed by atoms with Gasteiger partial charge in [0.2, 0.25) is 0 Å². The van der Waals surface area contributed by atoms with Crippen LogP contribution in [0.25, 0.3) is 0 Å². The van der Waals surface area contributed by atoms with E-state index in [1.807, 2.05) is 27.7 Å². The maximum Gasteiger partial charge on any atom is 0.0127 e. The van der Waals surface area contributed by atoms with Gasteiger partial charge in [-0.15, -0.1) is 0 Å². The van der Waals surface area contributed by atoms with E-state index < -0.39 is 0 Å². The van der Waals surface area contributed by atoms with Crippen LogP contribution in [0.15, 0.2) is 0 Å². The molecule has 1 aliphatic heterocycles. The normalized spacial score (nSPS) is 25.4. The lowest BCUT2D eigenvalue weighted by molar-refractivity contribution is 0.163. The summed E-state index contributed by atoms with van der Waals surface area (Å²) in [5, 5.41) is 0. The van der Waals surface area contributed by atoms with E-state index >= 15 is 0 Å². The molecule has 1 saturated carbocycles. The maximum absolute atomic E-state index is 2.73. The van der Waals surface area contributed by atoms with Crippen molar-refractivity contribution in [3.8, 4) is 0 Å². The van der Waals surface area contributed by atoms with Gasteiger partial charge in [-0.05, 0) is 44.4 Å². The number of hydrogen-bond donors (Lipinski definition) is 0. The minimum Gasteiger partial charge on any atom is -0.297 e. The Morgan fingerprint density at radius 2 is 1.41 bits per heavy atom. The van der Waals surface area contributed by atoms with E-state index in [0.717, 1.165) is 23.4 Å². The second kappa shape index (κ2) is 7.41. The molecule has 104 valence electrons. The minimum absolute atomic E-state index is 0.743. The van der Waals surface area contributed by atoms with E-state index in [2.05, 4.69) is 32.6 Å². The van der Waals surface area contributed by atoms with Crippen molar-refractivity contribution in [3.63, 3.8) is 0 Å². The molecule has 1 heteroatoms. The molecule has 1 heterocycles. The summed E-state index contributed by atoms with van der Waals surface area (Å²) in [6, 6.07) is 1.61. The average Bonchev–Trinajstić information content (AvgIpc) is 2.94. The Bertz CT molecular complexity index is 174. The molecule has 1 spiro atoms. The fraction of sp³-hybridized carbons (Fsp3) is 1.00. The van der Waals surface area contributed by atoms with Gasteiger partial charge >= 0.3 is 0 Å². The summed E-state index contributed by atoms with van der Waals surface area (Å²) < 4.78 is 0. The van der Waals surface area contributed by atoms with E-state index in [1.54, 1.807) is 0 Å². The van der Waals surface area contributed by atoms with Crippen molar-refractivity contribution in [1.29, 1.82) is 0 Å². The van der Waals surface area contributed by atoms with E-state index in [9.17, 15) is 0 Å². The first-order valence-corrected chi connectivity index (χ1v) is 7.80. The Morgan fingerprint density at radius 3 is 1.65 bits per heavy atom. The van der Waals surface area contributed by atoms with Crippen molar-refractivity contribution in [3.05, 3.63) is 0 Å². The van der Waals surface area contributed by atoms with Gasteiger partial charge < -0.3 is 0 Å². The molecular weight excluding hydrogens is 206 g/mol. The minimum atomic E-state index is 0.743. The third-order valence-corrected chi connectivity index (χ3v) is 3.98. The van der Waals surface area contributed by atoms with Gasteiger partial charge in [-0.3, -0.25) is 4.90 Å². The van der Waals surface area contributed by atoms with Gasteiger partial charge in [0.15, 0.2) is 0 Å². The lowest BCUT2D eigenvalue weighted by Gasteiger charge is -2.30. The molecule has 0 aromatic heterocycles. The van der Waals surface area contributed by atoms with Gasteiger partial charge in [-0.25, -0.2) is 0 Å². The van der Waals surface area contributed by atoms with Crippen molar-refractivity contribution in [2.45, 2.75) is 86.7 Å². The maximum atomic E-state index is 2.73. The largest absolute Gasteiger partial charge is 0.297 e. The highest BCUT2D eigenvalue weighted by Gasteiger charge is 2.52. The molecule has 2 fully saturated rings. The number of hydrogen-bond acceptors (Lipinski definition) is 1. The summed E-state index contributed by atoms with van der Waals surface area (Å²) in [6.07, 6.45) is 4.47. The zero-order valence-corrected chi connectivity index (χ0v) is 13.5. The molecule has 0 N–H and O–H groups in total. The highest BCUT2D eigenvalue weighted by molar-refractivity contribution is 5.05. The molecule has 0 radical (unpaired) electrons. The average molecular weight is 241 g/mol. The molecule has 0 amide bonds. The Kier molecular flexibility index (Phi) is 7.39. The van der Waals surface area contributed by atoms with Gasteiger partial charge in [0, 0.05) is 18.6 Å². The van der Waals surface area contributed by atoms with Gasteiger partial charge in [0.1, 0.15) is 0 Å². The van der Waals surface area contributed by atoms with Crippen LogP contribution >= 0.6 is 0 Å². The first-order valence-electron chi connectivity index (χ1n) is 7.80. The van der Waals surface area contributed by atoms with Crippen LogP contribution < -0.4 is 0 Å². The third-order valence-electron chi connectivity index (χ3n) is 3.98. The molecular formula is C16H35N. The van der Waals surface area contributed by atoms with Crippen LogP contribution in [0, 0.1) is 11.3 Å². The van der Waals surface area contributed by atoms with E-state index in [-0.39, 0.29) is 0 Å². The molecule has 2 rings (SSSR count). The van der Waals surface area contributed by atoms with Crippen LogP contribution in [0.4, 0.5) is 0 Å². The molecule has 1 saturated heterocycles. The van der Waals surface area contributed by atoms with Crippen molar-refractivity contribution >= 4 is 0 Å². The molecule has 0 aromatic rings. The highest BCUT2D eigenvalue weighted by Crippen LogP contribution is 2.56. The lowest BCUT2D eigenvalue weighted by atomic mass is 9.96. The van der Waals surface area contributed by atoms with Gasteiger partial charge in [0.05, 0.1) is 0 Å². The third kappa shape index (κ3) is 4.28. The first kappa shape index (κ1) is 17.0. The molecule has 1 nitrogen and oxygen atoms in total. The van der Waals surface area contributed by atoms with Gasteiger partial charge in [-0.1, -0.05) is 41.5 Å². The Labute approximate surface area is 110 Å². The standard InChI is InChI=1S/C12H23N.2C2H6/c1-9(2)11-7-12(5-6-12)8-13(11)10(3)4;2*1-2/h9-11H,5-8H2,1-4H3;2*1-2H3. The van der Waals surface area contributed by atoms with E-state index in [1.165, 1.54) is 25.8 Å². The van der Waals surface area contributed by atoms with Crippen LogP contribution in [0.1, 0.15) is 74.7 Å². The molecule has 0 aromatic carbocycles. The summed E-state index contributed by atoms with van der Waals surface area (Å²) in [5.41, 5.74) is 0.777. The quantitative estimate of drug-likeness (QED) is 0.660. The molecule has 0 bridgehead atoms. The van der Waals surface area contributed by atoms with Crippen LogP contribution in [-0.2, 0) is 0 Å². The van der Waals surface area contributed by atoms with Crippen molar-refractivity contribution in [2.75, 3.05) is 6.54 Å². The number of likely N-dealkylation sites (tertiary alicyclic amines) is 1. The molecule has 2 aliphatic rings. The zero-order valence-electron chi connectivity index (χ0n) is 13.5. The first-order chi connectivity index (χ1) is 8.04. The van der Waals surface area contributed by atoms with Gasteiger partial charge in [0.25, 0.3) is 0 Å². The summed E-state index contributed by atoms with van der Waals surface area (Å²) in [6.45, 7) is 18.8. The molecule has 1 unspecified atom stereocenters. The smallest absolute Gasteiger partial charge is 0.0127 e. The van der Waals surface area contributed by atoms with Crippen molar-refractivity contribution in [1.82, 2.24) is 4.90 Å². The predicted octanol–water partition coefficient (Wildman–Crippen LogP) is 4.96. The number of rotatable bonds is 2. The van der Waals surface area contributed by atoms with Gasteiger partial charge in [-0.2, -0.15) is 0 Å². The SMILES string of the molecule is CC.CC.CC(C)C1CC2(CC2)CN1C(C)C. The van der Waals surface area contributed by atoms with Crippen LogP contribution in [0.5, 0.6) is 0 Å². The highest BCUT2D eigenvalue weighted by atomic mass is 15.2. The van der Waals surface area contributed by atoms with Crippen molar-refractivity contribution in [2.24, 2.45) is 11.3 Å². The summed E-state index contributed by atoms with van der Waals surface area (Å²) in [5.74, 6) is 0.836. The summed E-state index contributed by atoms with van der Waals surface area (Å²) >= 11 is 0. The Hall–Kier alpha value is -0.0400. The zero-order chi connectivity index (χ0) is 13.6. The summed E-state index contributed by atoms with van der Waals surface area (Å²) in [4.78, 5) is 2.73. The molecule has 1 aliphatic carbocycles. The topological polar surface area (TPSA) is 3.24 Å². The second-order valence-corrected chi connectivity index (χ2v) is 5.78. The molecule has 1 atom stereocenters. The lowest BCUT2D eigenvalue weighted by Crippen LogP contribution is -2.38. The van der Waals surface area contributed by atoms with E-state index in [4.69, 9.17) is 0 Å². The summed E-state index contributed by atoms with van der Waals surface area (Å²) in [7, 11) is 0. The fourth-order valence-electron chi connectivity index (χ4n) is 2.85.